The Kier molecular flexibility index (Phi) is 2.26. The van der Waals surface area contributed by atoms with Crippen LogP contribution >= 0.6 is 0 Å². The standard InChI is InChI=1S/C3H4F3N/c4-2(1-7)3(5)6/h1,3H,7H2. The molecule has 4 heteroatoms. The second kappa shape index (κ2) is 2.49. The molecule has 0 heterocycles. The van der Waals surface area contributed by atoms with Crippen LogP contribution in [0.4, 0.5) is 13.2 Å². The molecule has 0 aromatic heterocycles. The lowest BCUT2D eigenvalue weighted by Gasteiger charge is -1.87. The fourth-order valence-electron chi connectivity index (χ4n) is 0.0727. The van der Waals surface area contributed by atoms with Crippen molar-refractivity contribution >= 4 is 0 Å². The third-order valence-electron chi connectivity index (χ3n) is 0.368. The third kappa shape index (κ3) is 2.08. The molecule has 1 nitrogen and oxygen atoms in total. The molecule has 2 N–H and O–H groups in total. The van der Waals surface area contributed by atoms with E-state index in [-0.39, 0.29) is 6.20 Å². The Labute approximate surface area is 38.6 Å². The van der Waals surface area contributed by atoms with Gasteiger partial charge in [-0.1, -0.05) is 0 Å². The van der Waals surface area contributed by atoms with Gasteiger partial charge in [-0.3, -0.25) is 0 Å². The Hall–Kier alpha value is -0.670. The summed E-state index contributed by atoms with van der Waals surface area (Å²) in [6, 6.07) is 0. The lowest BCUT2D eigenvalue weighted by Crippen LogP contribution is -1.93. The van der Waals surface area contributed by atoms with Crippen LogP contribution in [-0.4, -0.2) is 6.43 Å². The first-order valence-electron chi connectivity index (χ1n) is 1.54. The van der Waals surface area contributed by atoms with Crippen LogP contribution in [0.15, 0.2) is 12.0 Å². The molecule has 0 aliphatic heterocycles. The van der Waals surface area contributed by atoms with Crippen molar-refractivity contribution in [2.24, 2.45) is 5.73 Å². The van der Waals surface area contributed by atoms with E-state index in [0.29, 0.717) is 0 Å². The van der Waals surface area contributed by atoms with Crippen molar-refractivity contribution in [1.29, 1.82) is 0 Å². The monoisotopic (exact) mass is 111 g/mol. The van der Waals surface area contributed by atoms with Gasteiger partial charge in [0.15, 0.2) is 5.83 Å². The smallest absolute Gasteiger partial charge is 0.290 e. The first-order valence-corrected chi connectivity index (χ1v) is 1.54. The molecule has 7 heavy (non-hydrogen) atoms. The molecule has 0 atom stereocenters. The number of halogens is 3. The van der Waals surface area contributed by atoms with Crippen LogP contribution in [0, 0.1) is 0 Å². The quantitative estimate of drug-likeness (QED) is 0.537. The van der Waals surface area contributed by atoms with Gasteiger partial charge in [-0.25, -0.2) is 13.2 Å². The molecule has 0 rings (SSSR count). The second-order valence-corrected chi connectivity index (χ2v) is 0.852. The van der Waals surface area contributed by atoms with E-state index in [1.165, 1.54) is 0 Å². The number of rotatable bonds is 1. The topological polar surface area (TPSA) is 26.0 Å². The van der Waals surface area contributed by atoms with Gasteiger partial charge in [0.25, 0.3) is 6.43 Å². The van der Waals surface area contributed by atoms with Gasteiger partial charge in [0.05, 0.1) is 0 Å². The number of hydrogen-bond acceptors (Lipinski definition) is 1. The number of nitrogens with two attached hydrogens (primary N) is 1. The van der Waals surface area contributed by atoms with Crippen LogP contribution in [0.1, 0.15) is 0 Å². The first-order chi connectivity index (χ1) is 3.18. The lowest BCUT2D eigenvalue weighted by molar-refractivity contribution is 0.158. The highest BCUT2D eigenvalue weighted by Crippen LogP contribution is 2.06. The maximum absolute atomic E-state index is 11.2. The summed E-state index contributed by atoms with van der Waals surface area (Å²) in [5, 5.41) is 0. The lowest BCUT2D eigenvalue weighted by atomic mass is 10.6. The fourth-order valence-corrected chi connectivity index (χ4v) is 0.0727. The van der Waals surface area contributed by atoms with E-state index in [0.717, 1.165) is 0 Å². The highest BCUT2D eigenvalue weighted by molar-refractivity contribution is 4.89. The van der Waals surface area contributed by atoms with Crippen LogP contribution in [0.3, 0.4) is 0 Å². The van der Waals surface area contributed by atoms with Gasteiger partial charge in [0, 0.05) is 6.20 Å². The maximum Gasteiger partial charge on any atom is 0.290 e. The van der Waals surface area contributed by atoms with Gasteiger partial charge >= 0.3 is 0 Å². The summed E-state index contributed by atoms with van der Waals surface area (Å²) < 4.78 is 33.1. The summed E-state index contributed by atoms with van der Waals surface area (Å²) in [5.74, 6) is -1.58. The van der Waals surface area contributed by atoms with Gasteiger partial charge in [-0.2, -0.15) is 0 Å². The minimum Gasteiger partial charge on any atom is -0.402 e. The molecule has 42 valence electrons. The van der Waals surface area contributed by atoms with Crippen LogP contribution < -0.4 is 5.73 Å². The summed E-state index contributed by atoms with van der Waals surface area (Å²) in [6.07, 6.45) is -2.82. The molecule has 0 aromatic rings. The van der Waals surface area contributed by atoms with Gasteiger partial charge < -0.3 is 5.73 Å². The van der Waals surface area contributed by atoms with Crippen molar-refractivity contribution in [2.75, 3.05) is 0 Å². The zero-order chi connectivity index (χ0) is 5.86. The third-order valence-corrected chi connectivity index (χ3v) is 0.368. The van der Waals surface area contributed by atoms with E-state index >= 15 is 0 Å². The number of hydrogen-bond donors (Lipinski definition) is 1. The Balaban J connectivity index is 3.56. The predicted octanol–water partition coefficient (Wildman–Crippen LogP) is 1.02. The molecule has 0 spiro atoms. The van der Waals surface area contributed by atoms with E-state index in [9.17, 15) is 13.2 Å². The largest absolute Gasteiger partial charge is 0.402 e. The Morgan fingerprint density at radius 1 is 1.57 bits per heavy atom. The van der Waals surface area contributed by atoms with Gasteiger partial charge in [-0.05, 0) is 0 Å². The van der Waals surface area contributed by atoms with Crippen molar-refractivity contribution in [2.45, 2.75) is 6.43 Å². The Morgan fingerprint density at radius 3 is 2.00 bits per heavy atom. The van der Waals surface area contributed by atoms with Crippen LogP contribution in [0.25, 0.3) is 0 Å². The average molecular weight is 111 g/mol. The van der Waals surface area contributed by atoms with Crippen LogP contribution in [0.2, 0.25) is 0 Å². The highest BCUT2D eigenvalue weighted by Gasteiger charge is 2.06. The van der Waals surface area contributed by atoms with Crippen LogP contribution in [0.5, 0.6) is 0 Å². The Morgan fingerprint density at radius 2 is 2.00 bits per heavy atom. The van der Waals surface area contributed by atoms with Crippen molar-refractivity contribution in [3.63, 3.8) is 0 Å². The molecule has 0 saturated carbocycles. The number of alkyl halides is 2. The first kappa shape index (κ1) is 6.33. The van der Waals surface area contributed by atoms with Crippen molar-refractivity contribution in [3.05, 3.63) is 12.0 Å². The SMILES string of the molecule is NC=C(F)C(F)F. The summed E-state index contributed by atoms with van der Waals surface area (Å²) in [6.45, 7) is 0. The van der Waals surface area contributed by atoms with E-state index in [1.807, 2.05) is 0 Å². The summed E-state index contributed by atoms with van der Waals surface area (Å²) in [5.41, 5.74) is 4.36. The maximum atomic E-state index is 11.2. The number of allylic oxidation sites excluding steroid dienone is 1. The molecule has 0 radical (unpaired) electrons. The molecule has 0 saturated heterocycles. The summed E-state index contributed by atoms with van der Waals surface area (Å²) >= 11 is 0. The predicted molar refractivity (Wildman–Crippen MR) is 19.4 cm³/mol. The normalized spacial score (nSPS) is 12.9. The van der Waals surface area contributed by atoms with E-state index < -0.39 is 12.3 Å². The molecular weight excluding hydrogens is 107 g/mol. The minimum atomic E-state index is -3.06. The molecule has 0 bridgehead atoms. The molecule has 0 fully saturated rings. The van der Waals surface area contributed by atoms with Crippen molar-refractivity contribution in [1.82, 2.24) is 0 Å². The molecule has 0 aliphatic carbocycles. The zero-order valence-electron chi connectivity index (χ0n) is 3.37. The second-order valence-electron chi connectivity index (χ2n) is 0.852. The zero-order valence-corrected chi connectivity index (χ0v) is 3.37. The Bertz CT molecular complexity index is 78.2. The van der Waals surface area contributed by atoms with Gasteiger partial charge in [-0.15, -0.1) is 0 Å². The van der Waals surface area contributed by atoms with Crippen molar-refractivity contribution < 1.29 is 13.2 Å². The minimum absolute atomic E-state index is 0.241. The van der Waals surface area contributed by atoms with E-state index in [2.05, 4.69) is 5.73 Å². The molecule has 0 aromatic carbocycles. The van der Waals surface area contributed by atoms with E-state index in [4.69, 9.17) is 0 Å². The molecule has 0 aliphatic rings. The van der Waals surface area contributed by atoms with Gasteiger partial charge in [0.2, 0.25) is 0 Å². The summed E-state index contributed by atoms with van der Waals surface area (Å²) in [4.78, 5) is 0. The molecular formula is C3H4F3N. The fraction of sp³-hybridized carbons (Fsp3) is 0.333. The highest BCUT2D eigenvalue weighted by atomic mass is 19.3. The van der Waals surface area contributed by atoms with Crippen molar-refractivity contribution in [3.8, 4) is 0 Å². The summed E-state index contributed by atoms with van der Waals surface area (Å²) in [7, 11) is 0. The molecule has 0 unspecified atom stereocenters. The van der Waals surface area contributed by atoms with E-state index in [1.54, 1.807) is 0 Å². The molecule has 0 amide bonds. The van der Waals surface area contributed by atoms with Crippen LogP contribution in [-0.2, 0) is 0 Å². The van der Waals surface area contributed by atoms with Gasteiger partial charge in [0.1, 0.15) is 0 Å². The average Bonchev–Trinajstić information content (AvgIpc) is 1.65.